The van der Waals surface area contributed by atoms with Crippen LogP contribution in [-0.4, -0.2) is 28.7 Å². The number of pyridine rings is 1. The number of benzene rings is 2. The first-order valence-corrected chi connectivity index (χ1v) is 11.8. The molecule has 4 aromatic rings. The van der Waals surface area contributed by atoms with E-state index < -0.39 is 11.7 Å². The fourth-order valence-electron chi connectivity index (χ4n) is 3.60. The van der Waals surface area contributed by atoms with E-state index in [9.17, 15) is 10.1 Å². The van der Waals surface area contributed by atoms with E-state index in [-0.39, 0.29) is 5.25 Å². The number of nitriles is 1. The number of carbonyl (C=O) groups excluding carboxylic acids is 1. The minimum absolute atomic E-state index is 0.126. The maximum Gasteiger partial charge on any atom is 0.414 e. The zero-order chi connectivity index (χ0) is 24.3. The van der Waals surface area contributed by atoms with Crippen LogP contribution in [0.25, 0.3) is 10.9 Å². The molecule has 6 nitrogen and oxygen atoms in total. The van der Waals surface area contributed by atoms with E-state index in [4.69, 9.17) is 4.74 Å². The number of fused-ring (bicyclic) bond motifs is 1. The van der Waals surface area contributed by atoms with Crippen molar-refractivity contribution in [3.63, 3.8) is 0 Å². The second kappa shape index (κ2) is 9.62. The van der Waals surface area contributed by atoms with Crippen LogP contribution in [0.1, 0.15) is 42.8 Å². The van der Waals surface area contributed by atoms with Gasteiger partial charge in [-0.15, -0.1) is 11.8 Å². The molecule has 1 atom stereocenters. The van der Waals surface area contributed by atoms with Gasteiger partial charge in [-0.3, -0.25) is 9.88 Å². The summed E-state index contributed by atoms with van der Waals surface area (Å²) in [7, 11) is 1.70. The molecule has 0 fully saturated rings. The van der Waals surface area contributed by atoms with E-state index in [2.05, 4.69) is 16.0 Å². The summed E-state index contributed by atoms with van der Waals surface area (Å²) in [4.78, 5) is 22.9. The maximum atomic E-state index is 12.5. The molecule has 2 heterocycles. The quantitative estimate of drug-likeness (QED) is 0.329. The number of rotatable bonds is 5. The lowest BCUT2D eigenvalue weighted by Gasteiger charge is -2.24. The van der Waals surface area contributed by atoms with Crippen LogP contribution in [0, 0.1) is 11.3 Å². The summed E-state index contributed by atoms with van der Waals surface area (Å²) >= 11 is 1.60. The second-order valence-corrected chi connectivity index (χ2v) is 10.0. The molecule has 1 unspecified atom stereocenters. The fourth-order valence-corrected chi connectivity index (χ4v) is 4.83. The summed E-state index contributed by atoms with van der Waals surface area (Å²) < 4.78 is 5.49. The summed E-state index contributed by atoms with van der Waals surface area (Å²) in [5.74, 6) is 0. The third-order valence-electron chi connectivity index (χ3n) is 5.24. The van der Waals surface area contributed by atoms with Gasteiger partial charge in [-0.25, -0.2) is 4.79 Å². The lowest BCUT2D eigenvalue weighted by atomic mass is 10.1. The average Bonchev–Trinajstić information content (AvgIpc) is 3.24. The molecule has 0 aliphatic heterocycles. The highest BCUT2D eigenvalue weighted by molar-refractivity contribution is 7.99. The van der Waals surface area contributed by atoms with Gasteiger partial charge in [-0.05, 0) is 62.7 Å². The van der Waals surface area contributed by atoms with Crippen LogP contribution < -0.4 is 4.90 Å². The molecule has 0 radical (unpaired) electrons. The van der Waals surface area contributed by atoms with E-state index in [1.54, 1.807) is 25.0 Å². The van der Waals surface area contributed by atoms with Gasteiger partial charge in [0.1, 0.15) is 11.7 Å². The SMILES string of the molecule is CN(C(=O)OC(C)(C)C)c1ccc2c(C(Sc3ccccc3C#N)c3ccccn3)c[nH]c2c1. The van der Waals surface area contributed by atoms with Crippen LogP contribution in [0.3, 0.4) is 0 Å². The van der Waals surface area contributed by atoms with Gasteiger partial charge < -0.3 is 9.72 Å². The first-order valence-electron chi connectivity index (χ1n) is 10.9. The van der Waals surface area contributed by atoms with Gasteiger partial charge in [0.2, 0.25) is 0 Å². The molecule has 0 aliphatic rings. The first kappa shape index (κ1) is 23.4. The van der Waals surface area contributed by atoms with Crippen molar-refractivity contribution in [2.45, 2.75) is 36.5 Å². The molecule has 1 N–H and O–H groups in total. The van der Waals surface area contributed by atoms with Gasteiger partial charge in [0.25, 0.3) is 0 Å². The summed E-state index contributed by atoms with van der Waals surface area (Å²) in [6, 6.07) is 21.6. The molecular formula is C27H26N4O2S. The molecule has 2 aromatic carbocycles. The van der Waals surface area contributed by atoms with Gasteiger partial charge in [0.05, 0.1) is 16.5 Å². The number of hydrogen-bond donors (Lipinski definition) is 1. The highest BCUT2D eigenvalue weighted by Gasteiger charge is 2.24. The molecule has 2 aromatic heterocycles. The number of anilines is 1. The number of aromatic amines is 1. The Morgan fingerprint density at radius 1 is 1.15 bits per heavy atom. The van der Waals surface area contributed by atoms with Crippen LogP contribution in [0.2, 0.25) is 0 Å². The highest BCUT2D eigenvalue weighted by Crippen LogP contribution is 2.43. The number of amides is 1. The Morgan fingerprint density at radius 2 is 1.91 bits per heavy atom. The van der Waals surface area contributed by atoms with Crippen LogP contribution in [0.5, 0.6) is 0 Å². The number of aromatic nitrogens is 2. The monoisotopic (exact) mass is 470 g/mol. The second-order valence-electron chi connectivity index (χ2n) is 8.87. The van der Waals surface area contributed by atoms with Crippen molar-refractivity contribution >= 4 is 34.4 Å². The van der Waals surface area contributed by atoms with Crippen LogP contribution in [0.4, 0.5) is 10.5 Å². The van der Waals surface area contributed by atoms with Crippen molar-refractivity contribution in [3.8, 4) is 6.07 Å². The van der Waals surface area contributed by atoms with Gasteiger partial charge in [0, 0.05) is 40.9 Å². The molecule has 4 rings (SSSR count). The Hall–Kier alpha value is -3.76. The predicted molar refractivity (Wildman–Crippen MR) is 136 cm³/mol. The zero-order valence-corrected chi connectivity index (χ0v) is 20.4. The Balaban J connectivity index is 1.72. The maximum absolute atomic E-state index is 12.5. The van der Waals surface area contributed by atoms with E-state index in [1.165, 1.54) is 4.90 Å². The van der Waals surface area contributed by atoms with Crippen molar-refractivity contribution in [1.82, 2.24) is 9.97 Å². The van der Waals surface area contributed by atoms with Crippen molar-refractivity contribution < 1.29 is 9.53 Å². The number of hydrogen-bond acceptors (Lipinski definition) is 5. The minimum Gasteiger partial charge on any atom is -0.443 e. The number of nitrogens with one attached hydrogen (secondary N) is 1. The molecule has 0 saturated carbocycles. The molecule has 0 bridgehead atoms. The highest BCUT2D eigenvalue weighted by atomic mass is 32.2. The Labute approximate surface area is 203 Å². The molecule has 1 amide bonds. The zero-order valence-electron chi connectivity index (χ0n) is 19.6. The third kappa shape index (κ3) is 5.08. The molecule has 7 heteroatoms. The largest absolute Gasteiger partial charge is 0.443 e. The summed E-state index contributed by atoms with van der Waals surface area (Å²) in [5.41, 5.74) is 3.65. The predicted octanol–water partition coefficient (Wildman–Crippen LogP) is 6.69. The fraction of sp³-hybridized carbons (Fsp3) is 0.222. The Kier molecular flexibility index (Phi) is 6.62. The lowest BCUT2D eigenvalue weighted by Crippen LogP contribution is -2.34. The third-order valence-corrected chi connectivity index (χ3v) is 6.58. The topological polar surface area (TPSA) is 82.0 Å². The van der Waals surface area contributed by atoms with Gasteiger partial charge in [0.15, 0.2) is 0 Å². The Bertz CT molecular complexity index is 1350. The summed E-state index contributed by atoms with van der Waals surface area (Å²) in [6.45, 7) is 5.54. The van der Waals surface area contributed by atoms with E-state index in [0.717, 1.165) is 32.7 Å². The average molecular weight is 471 g/mol. The molecule has 0 aliphatic carbocycles. The lowest BCUT2D eigenvalue weighted by molar-refractivity contribution is 0.0589. The van der Waals surface area contributed by atoms with Gasteiger partial charge in [-0.2, -0.15) is 5.26 Å². The van der Waals surface area contributed by atoms with Gasteiger partial charge >= 0.3 is 6.09 Å². The van der Waals surface area contributed by atoms with Crippen LogP contribution >= 0.6 is 11.8 Å². The normalized spacial score (nSPS) is 12.2. The summed E-state index contributed by atoms with van der Waals surface area (Å²) in [6.07, 6.45) is 3.35. The van der Waals surface area contributed by atoms with Crippen LogP contribution in [0.15, 0.2) is 78.0 Å². The van der Waals surface area contributed by atoms with Crippen molar-refractivity contribution in [3.05, 3.63) is 89.9 Å². The summed E-state index contributed by atoms with van der Waals surface area (Å²) in [5, 5.41) is 10.5. The number of ether oxygens (including phenoxy) is 1. The smallest absolute Gasteiger partial charge is 0.414 e. The Morgan fingerprint density at radius 3 is 2.62 bits per heavy atom. The molecule has 0 saturated heterocycles. The van der Waals surface area contributed by atoms with E-state index >= 15 is 0 Å². The van der Waals surface area contributed by atoms with E-state index in [0.29, 0.717) is 5.56 Å². The number of carbonyl (C=O) groups is 1. The number of thioether (sulfide) groups is 1. The van der Waals surface area contributed by atoms with Crippen LogP contribution in [-0.2, 0) is 4.74 Å². The van der Waals surface area contributed by atoms with Crippen molar-refractivity contribution in [2.24, 2.45) is 0 Å². The van der Waals surface area contributed by atoms with E-state index in [1.807, 2.05) is 87.6 Å². The minimum atomic E-state index is -0.568. The first-order chi connectivity index (χ1) is 16.3. The number of nitrogens with zero attached hydrogens (tertiary/aromatic N) is 3. The molecular weight excluding hydrogens is 444 g/mol. The van der Waals surface area contributed by atoms with Crippen molar-refractivity contribution in [2.75, 3.05) is 11.9 Å². The molecule has 172 valence electrons. The van der Waals surface area contributed by atoms with Gasteiger partial charge in [-0.1, -0.05) is 24.3 Å². The standard InChI is InChI=1S/C27H26N4O2S/c1-27(2,3)33-26(32)31(4)19-12-13-20-21(17-30-23(20)15-19)25(22-10-7-8-14-29-22)34-24-11-6-5-9-18(24)16-28/h5-15,17,25,30H,1-4H3. The van der Waals surface area contributed by atoms with Crippen molar-refractivity contribution in [1.29, 1.82) is 5.26 Å². The molecule has 34 heavy (non-hydrogen) atoms. The number of H-pyrrole nitrogens is 1. The molecule has 0 spiro atoms.